The third kappa shape index (κ3) is 3.22. The van der Waals surface area contributed by atoms with Crippen LogP contribution in [-0.2, 0) is 19.3 Å². The normalized spacial score (nSPS) is 12.5. The smallest absolute Gasteiger partial charge is 0.354 e. The number of fused-ring (bicyclic) bond motifs is 1. The molecule has 2 aromatic rings. The fourth-order valence-electron chi connectivity index (χ4n) is 2.27. The second-order valence-corrected chi connectivity index (χ2v) is 7.01. The zero-order valence-corrected chi connectivity index (χ0v) is 14.5. The first kappa shape index (κ1) is 18.6. The van der Waals surface area contributed by atoms with Crippen LogP contribution in [0.15, 0.2) is 24.3 Å². The summed E-state index contributed by atoms with van der Waals surface area (Å²) in [5.74, 6) is -0.367. The van der Waals surface area contributed by atoms with Crippen molar-refractivity contribution in [2.75, 3.05) is 20.3 Å². The minimum atomic E-state index is -4.66. The Morgan fingerprint density at radius 3 is 2.42 bits per heavy atom. The Labute approximate surface area is 138 Å². The van der Waals surface area contributed by atoms with E-state index in [9.17, 15) is 18.1 Å². The van der Waals surface area contributed by atoms with Crippen molar-refractivity contribution in [2.24, 2.45) is 0 Å². The average Bonchev–Trinajstić information content (AvgIpc) is 2.97. The van der Waals surface area contributed by atoms with E-state index in [4.69, 9.17) is 9.05 Å². The average molecular weight is 360 g/mol. The molecule has 1 amide bonds. The Morgan fingerprint density at radius 2 is 1.88 bits per heavy atom. The highest BCUT2D eigenvalue weighted by Gasteiger charge is 2.54. The number of carbonyl (C=O) groups is 1. The fraction of sp³-hybridized carbons (Fsp3) is 0.400. The van der Waals surface area contributed by atoms with Crippen molar-refractivity contribution in [3.05, 3.63) is 35.5 Å². The molecule has 0 aliphatic rings. The standard InChI is InChI=1S/C15H19F2N2O4P/c1-4-22-24(21,23-5-2)15(16,17)11-6-7-12-10(8-11)9-13(19-12)14(20)18-3/h6-9,19H,4-5H2,1-3H3,(H,18,20). The van der Waals surface area contributed by atoms with Gasteiger partial charge in [-0.05, 0) is 32.0 Å². The fourth-order valence-corrected chi connectivity index (χ4v) is 3.81. The third-order valence-corrected chi connectivity index (χ3v) is 5.52. The van der Waals surface area contributed by atoms with Gasteiger partial charge in [0.15, 0.2) is 0 Å². The summed E-state index contributed by atoms with van der Waals surface area (Å²) >= 11 is 0. The monoisotopic (exact) mass is 360 g/mol. The second-order valence-electron chi connectivity index (χ2n) is 4.94. The molecule has 132 valence electrons. The number of H-pyrrole nitrogens is 1. The van der Waals surface area contributed by atoms with Crippen LogP contribution in [0.1, 0.15) is 29.9 Å². The van der Waals surface area contributed by atoms with Crippen LogP contribution in [-0.4, -0.2) is 31.2 Å². The largest absolute Gasteiger partial charge is 0.404 e. The highest BCUT2D eigenvalue weighted by molar-refractivity contribution is 7.54. The Bertz CT molecular complexity index is 781. The van der Waals surface area contributed by atoms with Crippen molar-refractivity contribution in [1.29, 1.82) is 0 Å². The Morgan fingerprint density at radius 1 is 1.25 bits per heavy atom. The van der Waals surface area contributed by atoms with Gasteiger partial charge in [-0.1, -0.05) is 6.07 Å². The van der Waals surface area contributed by atoms with E-state index in [1.54, 1.807) is 0 Å². The third-order valence-electron chi connectivity index (χ3n) is 3.38. The molecule has 24 heavy (non-hydrogen) atoms. The lowest BCUT2D eigenvalue weighted by molar-refractivity contribution is 0.0362. The molecule has 0 radical (unpaired) electrons. The van der Waals surface area contributed by atoms with Gasteiger partial charge in [0.2, 0.25) is 0 Å². The van der Waals surface area contributed by atoms with E-state index in [1.807, 2.05) is 0 Å². The first-order chi connectivity index (χ1) is 11.3. The zero-order valence-electron chi connectivity index (χ0n) is 13.6. The van der Waals surface area contributed by atoms with E-state index < -0.39 is 18.8 Å². The Balaban J connectivity index is 2.49. The first-order valence-corrected chi connectivity index (χ1v) is 8.95. The van der Waals surface area contributed by atoms with E-state index >= 15 is 0 Å². The molecule has 0 atom stereocenters. The maximum absolute atomic E-state index is 14.7. The van der Waals surface area contributed by atoms with Crippen molar-refractivity contribution in [3.63, 3.8) is 0 Å². The zero-order chi connectivity index (χ0) is 18.0. The molecule has 0 aliphatic heterocycles. The molecule has 0 unspecified atom stereocenters. The summed E-state index contributed by atoms with van der Waals surface area (Å²) < 4.78 is 51.5. The van der Waals surface area contributed by atoms with Gasteiger partial charge in [0.25, 0.3) is 5.91 Å². The molecule has 0 spiro atoms. The maximum Gasteiger partial charge on any atom is 0.404 e. The van der Waals surface area contributed by atoms with Crippen LogP contribution in [0.5, 0.6) is 0 Å². The number of rotatable bonds is 7. The molecule has 2 N–H and O–H groups in total. The van der Waals surface area contributed by atoms with Gasteiger partial charge in [0, 0.05) is 23.5 Å². The molecule has 9 heteroatoms. The number of aromatic amines is 1. The summed E-state index contributed by atoms with van der Waals surface area (Å²) in [7, 11) is -3.20. The van der Waals surface area contributed by atoms with Gasteiger partial charge in [-0.15, -0.1) is 0 Å². The van der Waals surface area contributed by atoms with Gasteiger partial charge in [-0.3, -0.25) is 9.36 Å². The summed E-state index contributed by atoms with van der Waals surface area (Å²) in [5, 5.41) is 2.84. The summed E-state index contributed by atoms with van der Waals surface area (Å²) in [4.78, 5) is 14.4. The number of hydrogen-bond donors (Lipinski definition) is 2. The highest BCUT2D eigenvalue weighted by atomic mass is 31.2. The lowest BCUT2D eigenvalue weighted by atomic mass is 10.1. The topological polar surface area (TPSA) is 80.4 Å². The van der Waals surface area contributed by atoms with Crippen LogP contribution in [0.2, 0.25) is 0 Å². The number of aromatic nitrogens is 1. The molecule has 6 nitrogen and oxygen atoms in total. The lowest BCUT2D eigenvalue weighted by Crippen LogP contribution is -2.18. The van der Waals surface area contributed by atoms with E-state index in [0.29, 0.717) is 10.9 Å². The number of hydrogen-bond acceptors (Lipinski definition) is 4. The molecule has 1 aromatic carbocycles. The van der Waals surface area contributed by atoms with Crippen molar-refractivity contribution in [1.82, 2.24) is 10.3 Å². The summed E-state index contributed by atoms with van der Waals surface area (Å²) in [5.41, 5.74) is -3.55. The molecule has 0 aliphatic carbocycles. The number of benzene rings is 1. The molecular formula is C15H19F2N2O4P. The Hall–Kier alpha value is -1.76. The van der Waals surface area contributed by atoms with Crippen LogP contribution < -0.4 is 5.32 Å². The number of halogens is 2. The molecule has 0 fully saturated rings. The van der Waals surface area contributed by atoms with Gasteiger partial charge in [-0.25, -0.2) is 0 Å². The SMILES string of the molecule is CCOP(=O)(OCC)C(F)(F)c1ccc2[nH]c(C(=O)NC)cc2c1. The van der Waals surface area contributed by atoms with Crippen LogP contribution in [0.4, 0.5) is 8.78 Å². The van der Waals surface area contributed by atoms with Gasteiger partial charge in [0.05, 0.1) is 13.2 Å². The number of alkyl halides is 2. The molecule has 1 aromatic heterocycles. The molecule has 2 rings (SSSR count). The van der Waals surface area contributed by atoms with Crippen LogP contribution in [0.3, 0.4) is 0 Å². The predicted octanol–water partition coefficient (Wildman–Crippen LogP) is 3.84. The van der Waals surface area contributed by atoms with Crippen molar-refractivity contribution >= 4 is 24.4 Å². The molecular weight excluding hydrogens is 341 g/mol. The van der Waals surface area contributed by atoms with Gasteiger partial charge in [-0.2, -0.15) is 8.78 Å². The van der Waals surface area contributed by atoms with Gasteiger partial charge >= 0.3 is 13.3 Å². The van der Waals surface area contributed by atoms with E-state index in [-0.39, 0.29) is 24.8 Å². The molecule has 1 heterocycles. The van der Waals surface area contributed by atoms with Gasteiger partial charge in [0.1, 0.15) is 5.69 Å². The molecule has 0 bridgehead atoms. The molecule has 0 saturated carbocycles. The van der Waals surface area contributed by atoms with Crippen LogP contribution >= 0.6 is 7.60 Å². The van der Waals surface area contributed by atoms with Gasteiger partial charge < -0.3 is 19.3 Å². The predicted molar refractivity (Wildman–Crippen MR) is 86.4 cm³/mol. The lowest BCUT2D eigenvalue weighted by Gasteiger charge is -2.26. The van der Waals surface area contributed by atoms with E-state index in [1.165, 1.54) is 39.1 Å². The second kappa shape index (κ2) is 7.01. The number of carbonyl (C=O) groups excluding carboxylic acids is 1. The maximum atomic E-state index is 14.7. The summed E-state index contributed by atoms with van der Waals surface area (Å²) in [6.45, 7) is 2.60. The van der Waals surface area contributed by atoms with E-state index in [0.717, 1.165) is 6.07 Å². The summed E-state index contributed by atoms with van der Waals surface area (Å²) in [6.07, 6.45) is 0. The quantitative estimate of drug-likeness (QED) is 0.735. The Kier molecular flexibility index (Phi) is 5.42. The first-order valence-electron chi connectivity index (χ1n) is 7.41. The minimum absolute atomic E-state index is 0.167. The number of nitrogens with one attached hydrogen (secondary N) is 2. The van der Waals surface area contributed by atoms with Crippen LogP contribution in [0, 0.1) is 0 Å². The van der Waals surface area contributed by atoms with Crippen molar-refractivity contribution in [2.45, 2.75) is 19.5 Å². The minimum Gasteiger partial charge on any atom is -0.354 e. The number of amides is 1. The van der Waals surface area contributed by atoms with Crippen molar-refractivity contribution < 1.29 is 27.2 Å². The van der Waals surface area contributed by atoms with Crippen molar-refractivity contribution in [3.8, 4) is 0 Å². The highest BCUT2D eigenvalue weighted by Crippen LogP contribution is 2.66. The van der Waals surface area contributed by atoms with E-state index in [2.05, 4.69) is 10.3 Å². The van der Waals surface area contributed by atoms with Crippen LogP contribution in [0.25, 0.3) is 10.9 Å². The summed E-state index contributed by atoms with van der Waals surface area (Å²) in [6, 6.07) is 5.15. The molecule has 0 saturated heterocycles.